The van der Waals surface area contributed by atoms with Gasteiger partial charge in [0.15, 0.2) is 5.78 Å². The van der Waals surface area contributed by atoms with E-state index in [4.69, 9.17) is 5.73 Å². The SMILES string of the molecule is CC(C)CC(N)C(=O)C1CCCC(C)C1. The van der Waals surface area contributed by atoms with Crippen LogP contribution >= 0.6 is 0 Å². The van der Waals surface area contributed by atoms with E-state index in [1.165, 1.54) is 12.8 Å². The number of carbonyl (C=O) groups is 1. The zero-order valence-electron chi connectivity index (χ0n) is 10.3. The second kappa shape index (κ2) is 5.64. The number of hydrogen-bond acceptors (Lipinski definition) is 2. The average molecular weight is 211 g/mol. The zero-order chi connectivity index (χ0) is 11.4. The van der Waals surface area contributed by atoms with E-state index in [0.717, 1.165) is 19.3 Å². The van der Waals surface area contributed by atoms with Crippen molar-refractivity contribution in [3.05, 3.63) is 0 Å². The van der Waals surface area contributed by atoms with Gasteiger partial charge in [0.1, 0.15) is 0 Å². The molecule has 0 aromatic rings. The van der Waals surface area contributed by atoms with Crippen LogP contribution in [0.4, 0.5) is 0 Å². The van der Waals surface area contributed by atoms with Gasteiger partial charge in [0.25, 0.3) is 0 Å². The first-order valence-electron chi connectivity index (χ1n) is 6.30. The Bertz CT molecular complexity index is 213. The quantitative estimate of drug-likeness (QED) is 0.777. The molecule has 0 bridgehead atoms. The Hall–Kier alpha value is -0.370. The Morgan fingerprint density at radius 2 is 2.07 bits per heavy atom. The lowest BCUT2D eigenvalue weighted by molar-refractivity contribution is -0.125. The molecule has 1 aliphatic carbocycles. The van der Waals surface area contributed by atoms with Crippen molar-refractivity contribution in [3.63, 3.8) is 0 Å². The number of Topliss-reactive ketones (excluding diaryl/α,β-unsaturated/α-hetero) is 1. The maximum Gasteiger partial charge on any atom is 0.152 e. The van der Waals surface area contributed by atoms with Gasteiger partial charge >= 0.3 is 0 Å². The van der Waals surface area contributed by atoms with Gasteiger partial charge in [-0.15, -0.1) is 0 Å². The highest BCUT2D eigenvalue weighted by molar-refractivity contribution is 5.86. The van der Waals surface area contributed by atoms with Crippen molar-refractivity contribution in [1.82, 2.24) is 0 Å². The lowest BCUT2D eigenvalue weighted by Crippen LogP contribution is -2.38. The second-order valence-corrected chi connectivity index (χ2v) is 5.61. The molecule has 0 heterocycles. The maximum atomic E-state index is 12.1. The predicted octanol–water partition coefficient (Wildman–Crippen LogP) is 2.76. The minimum Gasteiger partial charge on any atom is -0.321 e. The van der Waals surface area contributed by atoms with E-state index < -0.39 is 0 Å². The molecule has 88 valence electrons. The fourth-order valence-electron chi connectivity index (χ4n) is 2.62. The third-order valence-electron chi connectivity index (χ3n) is 3.43. The molecule has 0 amide bonds. The van der Waals surface area contributed by atoms with Crippen LogP contribution in [0.25, 0.3) is 0 Å². The van der Waals surface area contributed by atoms with Gasteiger partial charge in [-0.25, -0.2) is 0 Å². The van der Waals surface area contributed by atoms with E-state index in [0.29, 0.717) is 17.6 Å². The smallest absolute Gasteiger partial charge is 0.152 e. The van der Waals surface area contributed by atoms with Crippen LogP contribution in [0.3, 0.4) is 0 Å². The Balaban J connectivity index is 2.44. The molecule has 3 atom stereocenters. The largest absolute Gasteiger partial charge is 0.321 e. The highest BCUT2D eigenvalue weighted by atomic mass is 16.1. The summed E-state index contributed by atoms with van der Waals surface area (Å²) in [5, 5.41) is 0. The average Bonchev–Trinajstić information content (AvgIpc) is 2.15. The van der Waals surface area contributed by atoms with Gasteiger partial charge in [-0.05, 0) is 31.1 Å². The first-order chi connectivity index (χ1) is 7.00. The molecule has 3 unspecified atom stereocenters. The highest BCUT2D eigenvalue weighted by Gasteiger charge is 2.28. The molecule has 0 radical (unpaired) electrons. The fraction of sp³-hybridized carbons (Fsp3) is 0.923. The Labute approximate surface area is 93.6 Å². The van der Waals surface area contributed by atoms with Gasteiger partial charge in [-0.2, -0.15) is 0 Å². The van der Waals surface area contributed by atoms with Crippen molar-refractivity contribution in [3.8, 4) is 0 Å². The van der Waals surface area contributed by atoms with Crippen molar-refractivity contribution in [2.24, 2.45) is 23.5 Å². The summed E-state index contributed by atoms with van der Waals surface area (Å²) in [6.07, 6.45) is 5.44. The molecule has 2 N–H and O–H groups in total. The van der Waals surface area contributed by atoms with Gasteiger partial charge in [-0.1, -0.05) is 33.6 Å². The van der Waals surface area contributed by atoms with Crippen LogP contribution in [0, 0.1) is 17.8 Å². The Morgan fingerprint density at radius 1 is 1.40 bits per heavy atom. The van der Waals surface area contributed by atoms with Crippen LogP contribution in [0.2, 0.25) is 0 Å². The number of ketones is 1. The number of nitrogens with two attached hydrogens (primary N) is 1. The summed E-state index contributed by atoms with van der Waals surface area (Å²) < 4.78 is 0. The van der Waals surface area contributed by atoms with Gasteiger partial charge in [-0.3, -0.25) is 4.79 Å². The molecule has 2 heteroatoms. The summed E-state index contributed by atoms with van der Waals surface area (Å²) >= 11 is 0. The minimum atomic E-state index is -0.222. The van der Waals surface area contributed by atoms with E-state index in [1.807, 2.05) is 0 Å². The molecule has 0 saturated heterocycles. The number of carbonyl (C=O) groups excluding carboxylic acids is 1. The van der Waals surface area contributed by atoms with Gasteiger partial charge in [0, 0.05) is 5.92 Å². The van der Waals surface area contributed by atoms with E-state index >= 15 is 0 Å². The molecular formula is C13H25NO. The number of rotatable bonds is 4. The molecule has 1 saturated carbocycles. The fourth-order valence-corrected chi connectivity index (χ4v) is 2.62. The van der Waals surface area contributed by atoms with Crippen LogP contribution in [0.5, 0.6) is 0 Å². The van der Waals surface area contributed by atoms with E-state index in [1.54, 1.807) is 0 Å². The van der Waals surface area contributed by atoms with Crippen LogP contribution < -0.4 is 5.73 Å². The lowest BCUT2D eigenvalue weighted by atomic mass is 9.78. The highest BCUT2D eigenvalue weighted by Crippen LogP contribution is 2.30. The Morgan fingerprint density at radius 3 is 2.60 bits per heavy atom. The van der Waals surface area contributed by atoms with Crippen molar-refractivity contribution in [1.29, 1.82) is 0 Å². The summed E-state index contributed by atoms with van der Waals surface area (Å²) in [4.78, 5) is 12.1. The van der Waals surface area contributed by atoms with Gasteiger partial charge < -0.3 is 5.73 Å². The Kier molecular flexibility index (Phi) is 4.78. The third-order valence-corrected chi connectivity index (χ3v) is 3.43. The molecule has 15 heavy (non-hydrogen) atoms. The predicted molar refractivity (Wildman–Crippen MR) is 63.6 cm³/mol. The van der Waals surface area contributed by atoms with E-state index in [-0.39, 0.29) is 12.0 Å². The molecule has 2 nitrogen and oxygen atoms in total. The van der Waals surface area contributed by atoms with Crippen LogP contribution in [-0.2, 0) is 4.79 Å². The summed E-state index contributed by atoms with van der Waals surface area (Å²) in [5.41, 5.74) is 5.94. The normalized spacial score (nSPS) is 29.1. The molecule has 0 aliphatic heterocycles. The van der Waals surface area contributed by atoms with Gasteiger partial charge in [0.2, 0.25) is 0 Å². The first kappa shape index (κ1) is 12.7. The molecule has 0 aromatic carbocycles. The lowest BCUT2D eigenvalue weighted by Gasteiger charge is -2.28. The minimum absolute atomic E-state index is 0.222. The molecule has 1 fully saturated rings. The van der Waals surface area contributed by atoms with Crippen molar-refractivity contribution in [2.45, 2.75) is 58.9 Å². The van der Waals surface area contributed by atoms with Crippen molar-refractivity contribution < 1.29 is 4.79 Å². The summed E-state index contributed by atoms with van der Waals surface area (Å²) in [5.74, 6) is 1.79. The van der Waals surface area contributed by atoms with Crippen LogP contribution in [-0.4, -0.2) is 11.8 Å². The zero-order valence-corrected chi connectivity index (χ0v) is 10.3. The van der Waals surface area contributed by atoms with Crippen molar-refractivity contribution in [2.75, 3.05) is 0 Å². The molecule has 0 aromatic heterocycles. The summed E-state index contributed by atoms with van der Waals surface area (Å²) in [6.45, 7) is 6.49. The van der Waals surface area contributed by atoms with Crippen LogP contribution in [0.15, 0.2) is 0 Å². The summed E-state index contributed by atoms with van der Waals surface area (Å²) in [6, 6.07) is -0.222. The topological polar surface area (TPSA) is 43.1 Å². The van der Waals surface area contributed by atoms with Gasteiger partial charge in [0.05, 0.1) is 6.04 Å². The summed E-state index contributed by atoms with van der Waals surface area (Å²) in [7, 11) is 0. The molecule has 0 spiro atoms. The first-order valence-corrected chi connectivity index (χ1v) is 6.30. The monoisotopic (exact) mass is 211 g/mol. The van der Waals surface area contributed by atoms with Crippen molar-refractivity contribution >= 4 is 5.78 Å². The molecule has 1 aliphatic rings. The molecule has 1 rings (SSSR count). The molecular weight excluding hydrogens is 186 g/mol. The van der Waals surface area contributed by atoms with E-state index in [2.05, 4.69) is 20.8 Å². The maximum absolute atomic E-state index is 12.1. The standard InChI is InChI=1S/C13H25NO/c1-9(2)7-12(14)13(15)11-6-4-5-10(3)8-11/h9-12H,4-8,14H2,1-3H3. The second-order valence-electron chi connectivity index (χ2n) is 5.61. The van der Waals surface area contributed by atoms with Crippen LogP contribution in [0.1, 0.15) is 52.9 Å². The van der Waals surface area contributed by atoms with E-state index in [9.17, 15) is 4.79 Å². The number of hydrogen-bond donors (Lipinski definition) is 1. The third kappa shape index (κ3) is 3.94.